The van der Waals surface area contributed by atoms with E-state index in [0.29, 0.717) is 12.2 Å². The molecule has 0 radical (unpaired) electrons. The zero-order valence-electron chi connectivity index (χ0n) is 8.85. The molecule has 1 aromatic rings. The summed E-state index contributed by atoms with van der Waals surface area (Å²) in [5.41, 5.74) is 0. The van der Waals surface area contributed by atoms with Crippen LogP contribution in [0.5, 0.6) is 0 Å². The first-order valence-electron chi connectivity index (χ1n) is 4.63. The number of alkyl halides is 3. The lowest BCUT2D eigenvalue weighted by Crippen LogP contribution is -2.31. The molecular formula is C9H11ClF3N3. The van der Waals surface area contributed by atoms with Crippen molar-refractivity contribution in [1.29, 1.82) is 0 Å². The SMILES string of the molecule is CCc1nc(Cl)cc(N(C)CC(F)(F)F)n1. The maximum atomic E-state index is 12.2. The van der Waals surface area contributed by atoms with Gasteiger partial charge in [-0.1, -0.05) is 18.5 Å². The molecule has 0 atom stereocenters. The van der Waals surface area contributed by atoms with Gasteiger partial charge in [-0.3, -0.25) is 0 Å². The van der Waals surface area contributed by atoms with Crippen LogP contribution in [0.1, 0.15) is 12.7 Å². The second-order valence-electron chi connectivity index (χ2n) is 3.29. The summed E-state index contributed by atoms with van der Waals surface area (Å²) in [6.07, 6.45) is -3.74. The van der Waals surface area contributed by atoms with Crippen LogP contribution in [-0.2, 0) is 6.42 Å². The molecule has 16 heavy (non-hydrogen) atoms. The maximum absolute atomic E-state index is 12.2. The third-order valence-corrected chi connectivity index (χ3v) is 2.05. The monoisotopic (exact) mass is 253 g/mol. The number of hydrogen-bond donors (Lipinski definition) is 0. The van der Waals surface area contributed by atoms with Crippen molar-refractivity contribution in [2.45, 2.75) is 19.5 Å². The molecule has 1 heterocycles. The van der Waals surface area contributed by atoms with Gasteiger partial charge in [0.2, 0.25) is 0 Å². The van der Waals surface area contributed by atoms with Gasteiger partial charge in [0, 0.05) is 19.5 Å². The molecule has 0 saturated carbocycles. The van der Waals surface area contributed by atoms with Gasteiger partial charge < -0.3 is 4.90 Å². The molecule has 0 spiro atoms. The van der Waals surface area contributed by atoms with E-state index in [1.807, 2.05) is 0 Å². The molecule has 0 saturated heterocycles. The zero-order chi connectivity index (χ0) is 12.3. The molecule has 0 fully saturated rings. The molecule has 1 aromatic heterocycles. The van der Waals surface area contributed by atoms with Gasteiger partial charge >= 0.3 is 6.18 Å². The van der Waals surface area contributed by atoms with Crippen molar-refractivity contribution in [3.05, 3.63) is 17.0 Å². The summed E-state index contributed by atoms with van der Waals surface area (Å²) in [5.74, 6) is 0.602. The Hall–Kier alpha value is -1.04. The van der Waals surface area contributed by atoms with Crippen molar-refractivity contribution in [2.24, 2.45) is 0 Å². The first kappa shape index (κ1) is 13.0. The van der Waals surface area contributed by atoms with Gasteiger partial charge in [-0.05, 0) is 0 Å². The van der Waals surface area contributed by atoms with Gasteiger partial charge in [0.15, 0.2) is 0 Å². The molecule has 0 N–H and O–H groups in total. The predicted octanol–water partition coefficient (Wildman–Crippen LogP) is 2.69. The Kier molecular flexibility index (Phi) is 3.96. The highest BCUT2D eigenvalue weighted by Gasteiger charge is 2.30. The molecule has 3 nitrogen and oxygen atoms in total. The summed E-state index contributed by atoms with van der Waals surface area (Å²) in [6.45, 7) is 0.739. The summed E-state index contributed by atoms with van der Waals surface area (Å²) < 4.78 is 36.5. The van der Waals surface area contributed by atoms with Gasteiger partial charge in [0.1, 0.15) is 23.3 Å². The summed E-state index contributed by atoms with van der Waals surface area (Å²) in [5, 5.41) is 0.149. The van der Waals surface area contributed by atoms with E-state index in [4.69, 9.17) is 11.6 Å². The van der Waals surface area contributed by atoms with E-state index in [2.05, 4.69) is 9.97 Å². The second-order valence-corrected chi connectivity index (χ2v) is 3.68. The van der Waals surface area contributed by atoms with Crippen LogP contribution in [0.25, 0.3) is 0 Å². The van der Waals surface area contributed by atoms with E-state index in [9.17, 15) is 13.2 Å². The number of aryl methyl sites for hydroxylation is 1. The largest absolute Gasteiger partial charge is 0.405 e. The molecule has 0 aliphatic rings. The third-order valence-electron chi connectivity index (χ3n) is 1.85. The molecule has 7 heteroatoms. The van der Waals surface area contributed by atoms with Crippen LogP contribution >= 0.6 is 11.6 Å². The summed E-state index contributed by atoms with van der Waals surface area (Å²) in [4.78, 5) is 8.84. The molecule has 90 valence electrons. The smallest absolute Gasteiger partial charge is 0.350 e. The maximum Gasteiger partial charge on any atom is 0.405 e. The van der Waals surface area contributed by atoms with E-state index in [1.54, 1.807) is 6.92 Å². The molecule has 0 amide bonds. The highest BCUT2D eigenvalue weighted by Crippen LogP contribution is 2.21. The van der Waals surface area contributed by atoms with Gasteiger partial charge in [-0.25, -0.2) is 9.97 Å². The topological polar surface area (TPSA) is 29.0 Å². The zero-order valence-corrected chi connectivity index (χ0v) is 9.60. The lowest BCUT2D eigenvalue weighted by Gasteiger charge is -2.20. The average molecular weight is 254 g/mol. The van der Waals surface area contributed by atoms with Crippen molar-refractivity contribution in [3.8, 4) is 0 Å². The minimum atomic E-state index is -4.27. The van der Waals surface area contributed by atoms with Crippen LogP contribution in [0.2, 0.25) is 5.15 Å². The highest BCUT2D eigenvalue weighted by atomic mass is 35.5. The quantitative estimate of drug-likeness (QED) is 0.776. The first-order chi connectivity index (χ1) is 7.31. The highest BCUT2D eigenvalue weighted by molar-refractivity contribution is 6.29. The van der Waals surface area contributed by atoms with Crippen molar-refractivity contribution < 1.29 is 13.2 Å². The van der Waals surface area contributed by atoms with Crippen molar-refractivity contribution in [3.63, 3.8) is 0 Å². The number of nitrogens with zero attached hydrogens (tertiary/aromatic N) is 3. The second kappa shape index (κ2) is 4.86. The minimum absolute atomic E-state index is 0.149. The predicted molar refractivity (Wildman–Crippen MR) is 55.7 cm³/mol. The van der Waals surface area contributed by atoms with Gasteiger partial charge in [-0.15, -0.1) is 0 Å². The average Bonchev–Trinajstić information content (AvgIpc) is 2.14. The van der Waals surface area contributed by atoms with Gasteiger partial charge in [0.05, 0.1) is 0 Å². The van der Waals surface area contributed by atoms with E-state index in [0.717, 1.165) is 4.90 Å². The molecular weight excluding hydrogens is 243 g/mol. The van der Waals surface area contributed by atoms with Crippen LogP contribution in [0.3, 0.4) is 0 Å². The molecule has 0 aliphatic carbocycles. The molecule has 0 aromatic carbocycles. The molecule has 0 unspecified atom stereocenters. The fourth-order valence-corrected chi connectivity index (χ4v) is 1.35. The van der Waals surface area contributed by atoms with Gasteiger partial charge in [-0.2, -0.15) is 13.2 Å². The minimum Gasteiger partial charge on any atom is -0.350 e. The number of halogens is 4. The lowest BCUT2D eigenvalue weighted by molar-refractivity contribution is -0.119. The van der Waals surface area contributed by atoms with E-state index < -0.39 is 12.7 Å². The van der Waals surface area contributed by atoms with E-state index >= 15 is 0 Å². The lowest BCUT2D eigenvalue weighted by atomic mass is 10.4. The Morgan fingerprint density at radius 1 is 1.38 bits per heavy atom. The normalized spacial score (nSPS) is 11.6. The fourth-order valence-electron chi connectivity index (χ4n) is 1.16. The van der Waals surface area contributed by atoms with Crippen LogP contribution in [0, 0.1) is 0 Å². The van der Waals surface area contributed by atoms with Crippen molar-refractivity contribution in [1.82, 2.24) is 9.97 Å². The van der Waals surface area contributed by atoms with Crippen LogP contribution in [-0.4, -0.2) is 29.7 Å². The number of anilines is 1. The Labute approximate surface area is 96.3 Å². The number of aromatic nitrogens is 2. The summed E-state index contributed by atoms with van der Waals surface area (Å²) in [6, 6.07) is 1.31. The Morgan fingerprint density at radius 2 is 2.00 bits per heavy atom. The fraction of sp³-hybridized carbons (Fsp3) is 0.556. The summed E-state index contributed by atoms with van der Waals surface area (Å²) in [7, 11) is 1.31. The number of hydrogen-bond acceptors (Lipinski definition) is 3. The van der Waals surface area contributed by atoms with Crippen molar-refractivity contribution >= 4 is 17.4 Å². The number of rotatable bonds is 3. The Morgan fingerprint density at radius 3 is 2.50 bits per heavy atom. The third kappa shape index (κ3) is 3.84. The first-order valence-corrected chi connectivity index (χ1v) is 5.01. The van der Waals surface area contributed by atoms with Crippen LogP contribution < -0.4 is 4.90 Å². The molecule has 0 bridgehead atoms. The Bertz CT molecular complexity index is 368. The van der Waals surface area contributed by atoms with Crippen LogP contribution in [0.15, 0.2) is 6.07 Å². The molecule has 1 rings (SSSR count). The van der Waals surface area contributed by atoms with E-state index in [1.165, 1.54) is 13.1 Å². The van der Waals surface area contributed by atoms with Crippen molar-refractivity contribution in [2.75, 3.05) is 18.5 Å². The Balaban J connectivity index is 2.90. The van der Waals surface area contributed by atoms with Gasteiger partial charge in [0.25, 0.3) is 0 Å². The van der Waals surface area contributed by atoms with Crippen LogP contribution in [0.4, 0.5) is 19.0 Å². The summed E-state index contributed by atoms with van der Waals surface area (Å²) >= 11 is 5.69. The molecule has 0 aliphatic heterocycles. The van der Waals surface area contributed by atoms with E-state index in [-0.39, 0.29) is 11.0 Å². The standard InChI is InChI=1S/C9H11ClF3N3/c1-3-7-14-6(10)4-8(15-7)16(2)5-9(11,12)13/h4H,3,5H2,1-2H3.